The van der Waals surface area contributed by atoms with E-state index in [0.717, 1.165) is 5.56 Å². The van der Waals surface area contributed by atoms with Crippen LogP contribution >= 0.6 is 11.8 Å². The SMILES string of the molecule is CC(=N/N=C1\NC(=O)CS1)c1ccc(F)cc1. The van der Waals surface area contributed by atoms with E-state index in [1.165, 1.54) is 23.9 Å². The van der Waals surface area contributed by atoms with Gasteiger partial charge in [0.15, 0.2) is 5.17 Å². The fraction of sp³-hybridized carbons (Fsp3) is 0.182. The molecule has 1 aromatic carbocycles. The van der Waals surface area contributed by atoms with Crippen LogP contribution in [-0.2, 0) is 4.79 Å². The summed E-state index contributed by atoms with van der Waals surface area (Å²) in [5, 5.41) is 11.0. The van der Waals surface area contributed by atoms with Gasteiger partial charge in [0.25, 0.3) is 0 Å². The predicted octanol–water partition coefficient (Wildman–Crippen LogP) is 1.77. The summed E-state index contributed by atoms with van der Waals surface area (Å²) in [5.41, 5.74) is 1.46. The zero-order valence-corrected chi connectivity index (χ0v) is 9.92. The number of benzene rings is 1. The van der Waals surface area contributed by atoms with Crippen molar-refractivity contribution in [1.82, 2.24) is 5.32 Å². The van der Waals surface area contributed by atoms with Crippen LogP contribution in [0.1, 0.15) is 12.5 Å². The number of halogens is 1. The van der Waals surface area contributed by atoms with E-state index in [9.17, 15) is 9.18 Å². The number of rotatable bonds is 2. The highest BCUT2D eigenvalue weighted by molar-refractivity contribution is 8.15. The molecule has 0 aromatic heterocycles. The third kappa shape index (κ3) is 3.13. The molecule has 1 aliphatic heterocycles. The second-order valence-electron chi connectivity index (χ2n) is 3.43. The van der Waals surface area contributed by atoms with E-state index in [1.54, 1.807) is 19.1 Å². The van der Waals surface area contributed by atoms with Crippen molar-refractivity contribution < 1.29 is 9.18 Å². The number of carbonyl (C=O) groups is 1. The highest BCUT2D eigenvalue weighted by Crippen LogP contribution is 2.10. The van der Waals surface area contributed by atoms with E-state index in [4.69, 9.17) is 0 Å². The molecule has 0 spiro atoms. The van der Waals surface area contributed by atoms with Crippen molar-refractivity contribution in [2.45, 2.75) is 6.92 Å². The van der Waals surface area contributed by atoms with Gasteiger partial charge in [-0.1, -0.05) is 23.9 Å². The molecule has 0 atom stereocenters. The lowest BCUT2D eigenvalue weighted by atomic mass is 10.1. The van der Waals surface area contributed by atoms with Crippen LogP contribution in [0.4, 0.5) is 4.39 Å². The molecule has 1 fully saturated rings. The third-order valence-electron chi connectivity index (χ3n) is 2.14. The Hall–Kier alpha value is -1.69. The summed E-state index contributed by atoms with van der Waals surface area (Å²) in [4.78, 5) is 10.9. The molecule has 2 rings (SSSR count). The van der Waals surface area contributed by atoms with Gasteiger partial charge in [-0.15, -0.1) is 5.10 Å². The minimum Gasteiger partial charge on any atom is -0.303 e. The number of nitrogens with zero attached hydrogens (tertiary/aromatic N) is 2. The van der Waals surface area contributed by atoms with Crippen molar-refractivity contribution in [3.05, 3.63) is 35.6 Å². The third-order valence-corrected chi connectivity index (χ3v) is 3.00. The molecule has 6 heteroatoms. The predicted molar refractivity (Wildman–Crippen MR) is 66.6 cm³/mol. The van der Waals surface area contributed by atoms with Crippen molar-refractivity contribution in [3.8, 4) is 0 Å². The molecule has 1 aromatic rings. The molecule has 1 aliphatic rings. The largest absolute Gasteiger partial charge is 0.303 e. The normalized spacial score (nSPS) is 18.6. The van der Waals surface area contributed by atoms with E-state index in [2.05, 4.69) is 15.5 Å². The molecule has 17 heavy (non-hydrogen) atoms. The Morgan fingerprint density at radius 3 is 2.71 bits per heavy atom. The quantitative estimate of drug-likeness (QED) is 0.643. The Morgan fingerprint density at radius 1 is 1.41 bits per heavy atom. The lowest BCUT2D eigenvalue weighted by molar-refractivity contribution is -0.116. The highest BCUT2D eigenvalue weighted by Gasteiger charge is 2.16. The van der Waals surface area contributed by atoms with Gasteiger partial charge in [-0.2, -0.15) is 5.10 Å². The number of amides is 1. The maximum Gasteiger partial charge on any atom is 0.236 e. The summed E-state index contributed by atoms with van der Waals surface area (Å²) >= 11 is 1.31. The van der Waals surface area contributed by atoms with Crippen LogP contribution in [0.3, 0.4) is 0 Å². The molecule has 0 radical (unpaired) electrons. The molecule has 1 N–H and O–H groups in total. The van der Waals surface area contributed by atoms with Gasteiger partial charge in [0.1, 0.15) is 5.82 Å². The fourth-order valence-corrected chi connectivity index (χ4v) is 1.87. The van der Waals surface area contributed by atoms with Crippen molar-refractivity contribution in [1.29, 1.82) is 0 Å². The van der Waals surface area contributed by atoms with E-state index in [1.807, 2.05) is 0 Å². The molecule has 1 saturated heterocycles. The standard InChI is InChI=1S/C11H10FN3OS/c1-7(8-2-4-9(12)5-3-8)14-15-11-13-10(16)6-17-11/h2-5H,6H2,1H3,(H,13,15,16). The minimum absolute atomic E-state index is 0.0663. The van der Waals surface area contributed by atoms with Crippen LogP contribution in [0, 0.1) is 5.82 Å². The van der Waals surface area contributed by atoms with E-state index < -0.39 is 0 Å². The summed E-state index contributed by atoms with van der Waals surface area (Å²) in [7, 11) is 0. The monoisotopic (exact) mass is 251 g/mol. The summed E-state index contributed by atoms with van der Waals surface area (Å²) < 4.78 is 12.7. The second-order valence-corrected chi connectivity index (χ2v) is 4.40. The number of hydrogen-bond acceptors (Lipinski definition) is 4. The van der Waals surface area contributed by atoms with E-state index in [-0.39, 0.29) is 11.7 Å². The Labute approximate surface area is 102 Å². The molecule has 88 valence electrons. The van der Waals surface area contributed by atoms with Crippen LogP contribution in [0.2, 0.25) is 0 Å². The van der Waals surface area contributed by atoms with E-state index in [0.29, 0.717) is 16.6 Å². The number of carbonyl (C=O) groups excluding carboxylic acids is 1. The molecule has 0 aliphatic carbocycles. The lowest BCUT2D eigenvalue weighted by Crippen LogP contribution is -2.19. The van der Waals surface area contributed by atoms with Crippen molar-refractivity contribution >= 4 is 28.5 Å². The average molecular weight is 251 g/mol. The van der Waals surface area contributed by atoms with Gasteiger partial charge in [0.2, 0.25) is 5.91 Å². The lowest BCUT2D eigenvalue weighted by Gasteiger charge is -1.98. The smallest absolute Gasteiger partial charge is 0.236 e. The molecular formula is C11H10FN3OS. The van der Waals surface area contributed by atoms with Crippen molar-refractivity contribution in [3.63, 3.8) is 0 Å². The van der Waals surface area contributed by atoms with Gasteiger partial charge >= 0.3 is 0 Å². The highest BCUT2D eigenvalue weighted by atomic mass is 32.2. The van der Waals surface area contributed by atoms with Gasteiger partial charge in [0.05, 0.1) is 11.5 Å². The van der Waals surface area contributed by atoms with Crippen LogP contribution in [0.5, 0.6) is 0 Å². The van der Waals surface area contributed by atoms with Gasteiger partial charge in [-0.05, 0) is 24.6 Å². The number of thioether (sulfide) groups is 1. The molecule has 1 heterocycles. The van der Waals surface area contributed by atoms with Crippen molar-refractivity contribution in [2.24, 2.45) is 10.2 Å². The van der Waals surface area contributed by atoms with Crippen LogP contribution < -0.4 is 5.32 Å². The summed E-state index contributed by atoms with van der Waals surface area (Å²) in [6.07, 6.45) is 0. The van der Waals surface area contributed by atoms with Gasteiger partial charge < -0.3 is 5.32 Å². The number of nitrogens with one attached hydrogen (secondary N) is 1. The Kier molecular flexibility index (Phi) is 3.53. The first-order chi connectivity index (χ1) is 8.15. The van der Waals surface area contributed by atoms with Crippen LogP contribution in [-0.4, -0.2) is 22.5 Å². The first-order valence-electron chi connectivity index (χ1n) is 4.96. The maximum absolute atomic E-state index is 12.7. The summed E-state index contributed by atoms with van der Waals surface area (Å²) in [6.45, 7) is 1.78. The first-order valence-corrected chi connectivity index (χ1v) is 5.94. The Morgan fingerprint density at radius 2 is 2.12 bits per heavy atom. The minimum atomic E-state index is -0.286. The van der Waals surface area contributed by atoms with Crippen LogP contribution in [0.25, 0.3) is 0 Å². The number of amidine groups is 1. The maximum atomic E-state index is 12.7. The Bertz CT molecular complexity index is 496. The molecule has 0 unspecified atom stereocenters. The second kappa shape index (κ2) is 5.09. The molecular weight excluding hydrogens is 241 g/mol. The van der Waals surface area contributed by atoms with Gasteiger partial charge in [-0.25, -0.2) is 4.39 Å². The topological polar surface area (TPSA) is 53.8 Å². The molecule has 0 bridgehead atoms. The fourth-order valence-electron chi connectivity index (χ4n) is 1.25. The zero-order chi connectivity index (χ0) is 12.3. The van der Waals surface area contributed by atoms with Gasteiger partial charge in [-0.3, -0.25) is 4.79 Å². The number of hydrogen-bond donors (Lipinski definition) is 1. The zero-order valence-electron chi connectivity index (χ0n) is 9.11. The summed E-state index contributed by atoms with van der Waals surface area (Å²) in [5.74, 6) is 0.0269. The summed E-state index contributed by atoms with van der Waals surface area (Å²) in [6, 6.07) is 6.00. The average Bonchev–Trinajstić information content (AvgIpc) is 2.73. The van der Waals surface area contributed by atoms with Crippen LogP contribution in [0.15, 0.2) is 34.5 Å². The van der Waals surface area contributed by atoms with E-state index >= 15 is 0 Å². The first kappa shape index (κ1) is 11.8. The molecule has 1 amide bonds. The Balaban J connectivity index is 2.12. The molecule has 0 saturated carbocycles. The molecule has 4 nitrogen and oxygen atoms in total. The van der Waals surface area contributed by atoms with Crippen molar-refractivity contribution in [2.75, 3.05) is 5.75 Å². The van der Waals surface area contributed by atoms with Gasteiger partial charge in [0, 0.05) is 0 Å².